The van der Waals surface area contributed by atoms with Crippen LogP contribution in [0, 0.1) is 0 Å². The predicted molar refractivity (Wildman–Crippen MR) is 187 cm³/mol. The van der Waals surface area contributed by atoms with Crippen LogP contribution < -0.4 is 0 Å². The van der Waals surface area contributed by atoms with Gasteiger partial charge in [0.25, 0.3) is 0 Å². The molecule has 1 N–H and O–H groups in total. The third-order valence-electron chi connectivity index (χ3n) is 8.02. The van der Waals surface area contributed by atoms with Crippen LogP contribution in [-0.4, -0.2) is 34.9 Å². The van der Waals surface area contributed by atoms with Crippen LogP contribution in [0.5, 0.6) is 0 Å². The maximum atomic E-state index is 11.9. The molecule has 254 valence electrons. The molecule has 0 aliphatic heterocycles. The number of rotatable bonds is 35. The molecule has 0 aromatic rings. The van der Waals surface area contributed by atoms with Crippen LogP contribution in [-0.2, 0) is 27.7 Å². The molecule has 0 atom stereocenters. The van der Waals surface area contributed by atoms with Crippen LogP contribution >= 0.6 is 16.3 Å². The van der Waals surface area contributed by atoms with Crippen molar-refractivity contribution in [1.82, 2.24) is 0 Å². The molecule has 0 saturated carbocycles. The second-order valence-electron chi connectivity index (χ2n) is 12.5. The second kappa shape index (κ2) is 33.8. The Hall–Kier alpha value is 1.41. The van der Waals surface area contributed by atoms with Crippen LogP contribution in [0.4, 0.5) is 0 Å². The Bertz CT molecular complexity index is 459. The van der Waals surface area contributed by atoms with E-state index in [4.69, 9.17) is 9.53 Å². The summed E-state index contributed by atoms with van der Waals surface area (Å²) in [5.41, 5.74) is 0. The Kier molecular flexibility index (Phi) is 34.9. The summed E-state index contributed by atoms with van der Waals surface area (Å²) in [6.45, 7) is 11.8. The van der Waals surface area contributed by atoms with Gasteiger partial charge in [0.15, 0.2) is 0 Å². The van der Waals surface area contributed by atoms with E-state index in [2.05, 4.69) is 34.6 Å². The van der Waals surface area contributed by atoms with Crippen molar-refractivity contribution < 1.29 is 31.4 Å². The third-order valence-corrected chi connectivity index (χ3v) is 17.7. The van der Waals surface area contributed by atoms with Gasteiger partial charge in [0.2, 0.25) is 0 Å². The first-order chi connectivity index (χ1) is 20.5. The standard InChI is InChI=1S/2C16H34OP.C3H7O.H2O.Ti/c2*1-3-5-7-9-11-13-15-18(17)16-14-12-10-8-6-4-2;1-2-3-4;;/h2*3-16H2,1-2H3;2-3H2,1H3;1H2;/q3*-1;;+4/p-1. The van der Waals surface area contributed by atoms with Crippen LogP contribution in [0.3, 0.4) is 0 Å². The van der Waals surface area contributed by atoms with Crippen LogP contribution in [0.15, 0.2) is 0 Å². The van der Waals surface area contributed by atoms with Gasteiger partial charge in [0.05, 0.1) is 0 Å². The first kappa shape index (κ1) is 43.4. The average molecular weight is 671 g/mol. The van der Waals surface area contributed by atoms with Crippen LogP contribution in [0.25, 0.3) is 0 Å². The van der Waals surface area contributed by atoms with E-state index in [1.165, 1.54) is 154 Å². The zero-order chi connectivity index (χ0) is 31.0. The normalized spacial score (nSPS) is 12.3. The molecule has 0 rings (SSSR count). The van der Waals surface area contributed by atoms with Crippen molar-refractivity contribution in [3.63, 3.8) is 0 Å². The number of hydrogen-bond acceptors (Lipinski definition) is 4. The molecule has 0 heterocycles. The van der Waals surface area contributed by atoms with Gasteiger partial charge in [-0.1, -0.05) is 0 Å². The van der Waals surface area contributed by atoms with Crippen LogP contribution in [0.1, 0.15) is 195 Å². The van der Waals surface area contributed by atoms with Crippen molar-refractivity contribution in [3.05, 3.63) is 0 Å². The van der Waals surface area contributed by atoms with Gasteiger partial charge in [-0.3, -0.25) is 0 Å². The molecule has 0 spiro atoms. The SMILES string of the molecule is CCCCCCCCP(CCCCCCCC)[O][Ti]([OH])([O]CCC)[O]P(CCCCCCCC)CCCCCCCC. The predicted octanol–water partition coefficient (Wildman–Crippen LogP) is 13.5. The summed E-state index contributed by atoms with van der Waals surface area (Å²) < 4.78 is 31.6. The van der Waals surface area contributed by atoms with E-state index in [0.29, 0.717) is 6.61 Å². The van der Waals surface area contributed by atoms with Gasteiger partial charge in [-0.15, -0.1) is 0 Å². The van der Waals surface area contributed by atoms with Crippen molar-refractivity contribution in [2.75, 3.05) is 31.3 Å². The molecule has 0 aliphatic rings. The summed E-state index contributed by atoms with van der Waals surface area (Å²) in [4.78, 5) is 0. The van der Waals surface area contributed by atoms with Crippen molar-refractivity contribution in [2.45, 2.75) is 195 Å². The fourth-order valence-corrected chi connectivity index (χ4v) is 15.8. The average Bonchev–Trinajstić information content (AvgIpc) is 2.98. The molecule has 0 aromatic carbocycles. The minimum atomic E-state index is -4.29. The van der Waals surface area contributed by atoms with E-state index in [9.17, 15) is 3.69 Å². The van der Waals surface area contributed by atoms with Gasteiger partial charge in [-0.05, 0) is 0 Å². The first-order valence-electron chi connectivity index (χ1n) is 18.8. The molecule has 0 unspecified atom stereocenters. The third kappa shape index (κ3) is 28.9. The molecule has 0 aromatic heterocycles. The summed E-state index contributed by atoms with van der Waals surface area (Å²) in [5, 5.41) is 0. The first-order valence-corrected chi connectivity index (χ1v) is 24.7. The number of hydrogen-bond donors (Lipinski definition) is 1. The topological polar surface area (TPSA) is 47.9 Å². The molecule has 0 bridgehead atoms. The Morgan fingerprint density at radius 3 is 0.905 bits per heavy atom. The Balaban J connectivity index is 5.25. The maximum absolute atomic E-state index is 11.9. The van der Waals surface area contributed by atoms with Gasteiger partial charge >= 0.3 is 274 Å². The Morgan fingerprint density at radius 2 is 0.643 bits per heavy atom. The van der Waals surface area contributed by atoms with E-state index >= 15 is 0 Å². The van der Waals surface area contributed by atoms with E-state index < -0.39 is 34.4 Å². The van der Waals surface area contributed by atoms with Crippen molar-refractivity contribution in [3.8, 4) is 0 Å². The van der Waals surface area contributed by atoms with Gasteiger partial charge in [0.1, 0.15) is 0 Å². The second-order valence-corrected chi connectivity index (χ2v) is 20.4. The molecule has 42 heavy (non-hydrogen) atoms. The summed E-state index contributed by atoms with van der Waals surface area (Å²) >= 11 is -4.29. The van der Waals surface area contributed by atoms with E-state index in [0.717, 1.165) is 31.1 Å². The van der Waals surface area contributed by atoms with Crippen molar-refractivity contribution >= 4 is 16.3 Å². The quantitative estimate of drug-likeness (QED) is 0.0414. The van der Waals surface area contributed by atoms with E-state index in [-0.39, 0.29) is 0 Å². The van der Waals surface area contributed by atoms with E-state index in [1.807, 2.05) is 0 Å². The van der Waals surface area contributed by atoms with Gasteiger partial charge in [-0.25, -0.2) is 0 Å². The fourth-order valence-electron chi connectivity index (χ4n) is 5.31. The summed E-state index contributed by atoms with van der Waals surface area (Å²) in [7, 11) is -1.39. The van der Waals surface area contributed by atoms with Gasteiger partial charge in [-0.2, -0.15) is 0 Å². The zero-order valence-electron chi connectivity index (χ0n) is 29.3. The Labute approximate surface area is 272 Å². The molecule has 0 amide bonds. The van der Waals surface area contributed by atoms with Crippen LogP contribution in [0.2, 0.25) is 0 Å². The molecular weight excluding hydrogens is 594 g/mol. The van der Waals surface area contributed by atoms with Gasteiger partial charge in [0, 0.05) is 0 Å². The molecule has 7 heteroatoms. The molecule has 0 saturated heterocycles. The van der Waals surface area contributed by atoms with Crippen molar-refractivity contribution in [2.24, 2.45) is 0 Å². The van der Waals surface area contributed by atoms with E-state index in [1.54, 1.807) is 0 Å². The molecular formula is C35H76O4P2Ti. The summed E-state index contributed by atoms with van der Waals surface area (Å²) in [5.74, 6) is 0. The monoisotopic (exact) mass is 670 g/mol. The molecule has 0 radical (unpaired) electrons. The van der Waals surface area contributed by atoms with Crippen molar-refractivity contribution in [1.29, 1.82) is 0 Å². The molecule has 0 aliphatic carbocycles. The minimum absolute atomic E-state index is 0.547. The summed E-state index contributed by atoms with van der Waals surface area (Å²) in [6.07, 6.45) is 36.5. The Morgan fingerprint density at radius 1 is 0.381 bits per heavy atom. The molecule has 0 fully saturated rings. The van der Waals surface area contributed by atoms with Gasteiger partial charge < -0.3 is 0 Å². The summed E-state index contributed by atoms with van der Waals surface area (Å²) in [6, 6.07) is 0. The zero-order valence-corrected chi connectivity index (χ0v) is 32.6. The number of unbranched alkanes of at least 4 members (excludes halogenated alkanes) is 20. The molecule has 4 nitrogen and oxygen atoms in total. The fraction of sp³-hybridized carbons (Fsp3) is 1.00.